The first-order valence-corrected chi connectivity index (χ1v) is 8.02. The van der Waals surface area contributed by atoms with Gasteiger partial charge >= 0.3 is 0 Å². The standard InChI is InChI=1S/C18H19N3O3S/c1-12-8-9-15(13(2)10-12)24-11-16(22)20-21-18(25)19-17(23)14-6-4-3-5-7-14/h3-10H,11H2,1-2H3,(H,20,22)(H2,19,21,23,25). The number of thiocarbonyl (C=S) groups is 1. The van der Waals surface area contributed by atoms with Crippen LogP contribution in [0.3, 0.4) is 0 Å². The Morgan fingerprint density at radius 2 is 1.76 bits per heavy atom. The van der Waals surface area contributed by atoms with E-state index in [1.54, 1.807) is 24.3 Å². The molecule has 0 saturated carbocycles. The van der Waals surface area contributed by atoms with Crippen LogP contribution in [-0.4, -0.2) is 23.5 Å². The third-order valence-corrected chi connectivity index (χ3v) is 3.47. The number of hydrazine groups is 1. The van der Waals surface area contributed by atoms with E-state index in [-0.39, 0.29) is 17.6 Å². The lowest BCUT2D eigenvalue weighted by Crippen LogP contribution is -2.49. The van der Waals surface area contributed by atoms with Gasteiger partial charge in [-0.05, 0) is 49.8 Å². The van der Waals surface area contributed by atoms with Crippen molar-refractivity contribution in [3.63, 3.8) is 0 Å². The lowest BCUT2D eigenvalue weighted by Gasteiger charge is -2.12. The molecule has 0 aliphatic heterocycles. The molecule has 0 aliphatic rings. The van der Waals surface area contributed by atoms with Crippen LogP contribution in [0, 0.1) is 13.8 Å². The number of aryl methyl sites for hydroxylation is 2. The Bertz CT molecular complexity index is 778. The van der Waals surface area contributed by atoms with E-state index >= 15 is 0 Å². The summed E-state index contributed by atoms with van der Waals surface area (Å²) in [7, 11) is 0. The number of amides is 2. The maximum Gasteiger partial charge on any atom is 0.276 e. The van der Waals surface area contributed by atoms with Crippen LogP contribution in [0.4, 0.5) is 0 Å². The quantitative estimate of drug-likeness (QED) is 0.576. The predicted molar refractivity (Wildman–Crippen MR) is 99.2 cm³/mol. The van der Waals surface area contributed by atoms with Gasteiger partial charge in [0.25, 0.3) is 11.8 Å². The molecular weight excluding hydrogens is 338 g/mol. The fraction of sp³-hybridized carbons (Fsp3) is 0.167. The van der Waals surface area contributed by atoms with E-state index in [1.807, 2.05) is 38.1 Å². The van der Waals surface area contributed by atoms with Crippen molar-refractivity contribution in [2.24, 2.45) is 0 Å². The second-order valence-electron chi connectivity index (χ2n) is 5.38. The Morgan fingerprint density at radius 3 is 2.44 bits per heavy atom. The molecule has 0 spiro atoms. The highest BCUT2D eigenvalue weighted by molar-refractivity contribution is 7.80. The summed E-state index contributed by atoms with van der Waals surface area (Å²) in [6.07, 6.45) is 0. The topological polar surface area (TPSA) is 79.5 Å². The highest BCUT2D eigenvalue weighted by Crippen LogP contribution is 2.18. The molecule has 0 unspecified atom stereocenters. The van der Waals surface area contributed by atoms with Crippen LogP contribution < -0.4 is 20.9 Å². The largest absolute Gasteiger partial charge is 0.483 e. The Labute approximate surface area is 151 Å². The molecule has 3 N–H and O–H groups in total. The molecule has 2 amide bonds. The van der Waals surface area contributed by atoms with Crippen LogP contribution in [0.25, 0.3) is 0 Å². The molecule has 0 fully saturated rings. The van der Waals surface area contributed by atoms with Crippen LogP contribution in [0.5, 0.6) is 5.75 Å². The van der Waals surface area contributed by atoms with Crippen molar-refractivity contribution in [3.05, 3.63) is 65.2 Å². The van der Waals surface area contributed by atoms with Gasteiger partial charge in [-0.1, -0.05) is 35.9 Å². The number of carbonyl (C=O) groups excluding carboxylic acids is 2. The molecule has 2 aromatic rings. The van der Waals surface area contributed by atoms with Crippen molar-refractivity contribution in [2.45, 2.75) is 13.8 Å². The Balaban J connectivity index is 1.74. The molecule has 0 aromatic heterocycles. The van der Waals surface area contributed by atoms with Gasteiger partial charge in [0, 0.05) is 5.56 Å². The van der Waals surface area contributed by atoms with Crippen molar-refractivity contribution in [2.75, 3.05) is 6.61 Å². The zero-order valence-electron chi connectivity index (χ0n) is 14.0. The molecule has 0 aliphatic carbocycles. The lowest BCUT2D eigenvalue weighted by atomic mass is 10.1. The SMILES string of the molecule is Cc1ccc(OCC(=O)NNC(=S)NC(=O)c2ccccc2)c(C)c1. The Hall–Kier alpha value is -2.93. The predicted octanol–water partition coefficient (Wildman–Crippen LogP) is 2.02. The van der Waals surface area contributed by atoms with Gasteiger partial charge in [-0.15, -0.1) is 0 Å². The van der Waals surface area contributed by atoms with E-state index in [4.69, 9.17) is 17.0 Å². The molecule has 130 valence electrons. The van der Waals surface area contributed by atoms with Crippen molar-refractivity contribution < 1.29 is 14.3 Å². The van der Waals surface area contributed by atoms with E-state index in [9.17, 15) is 9.59 Å². The molecule has 0 atom stereocenters. The molecule has 2 rings (SSSR count). The molecule has 2 aromatic carbocycles. The second-order valence-corrected chi connectivity index (χ2v) is 5.79. The maximum absolute atomic E-state index is 11.9. The van der Waals surface area contributed by atoms with E-state index in [2.05, 4.69) is 16.2 Å². The van der Waals surface area contributed by atoms with Gasteiger partial charge in [-0.25, -0.2) is 0 Å². The van der Waals surface area contributed by atoms with Crippen LogP contribution in [0.1, 0.15) is 21.5 Å². The van der Waals surface area contributed by atoms with Crippen LogP contribution in [-0.2, 0) is 4.79 Å². The molecule has 0 bridgehead atoms. The van der Waals surface area contributed by atoms with E-state index < -0.39 is 5.91 Å². The first-order chi connectivity index (χ1) is 12.0. The summed E-state index contributed by atoms with van der Waals surface area (Å²) in [6.45, 7) is 3.72. The average molecular weight is 357 g/mol. The fourth-order valence-electron chi connectivity index (χ4n) is 2.06. The van der Waals surface area contributed by atoms with Gasteiger partial charge in [-0.3, -0.25) is 25.8 Å². The van der Waals surface area contributed by atoms with Crippen molar-refractivity contribution in [1.29, 1.82) is 0 Å². The number of rotatable bonds is 4. The highest BCUT2D eigenvalue weighted by Gasteiger charge is 2.09. The van der Waals surface area contributed by atoms with Gasteiger partial charge in [0.2, 0.25) is 0 Å². The summed E-state index contributed by atoms with van der Waals surface area (Å²) < 4.78 is 5.45. The van der Waals surface area contributed by atoms with Crippen LogP contribution in [0.2, 0.25) is 0 Å². The number of nitrogens with one attached hydrogen (secondary N) is 3. The van der Waals surface area contributed by atoms with E-state index in [0.29, 0.717) is 11.3 Å². The maximum atomic E-state index is 11.9. The minimum absolute atomic E-state index is 0.00582. The third-order valence-electron chi connectivity index (χ3n) is 3.27. The normalized spacial score (nSPS) is 9.84. The van der Waals surface area contributed by atoms with Gasteiger partial charge in [-0.2, -0.15) is 0 Å². The fourth-order valence-corrected chi connectivity index (χ4v) is 2.21. The lowest BCUT2D eigenvalue weighted by molar-refractivity contribution is -0.123. The Morgan fingerprint density at radius 1 is 1.04 bits per heavy atom. The third kappa shape index (κ3) is 5.89. The summed E-state index contributed by atoms with van der Waals surface area (Å²) in [5.41, 5.74) is 7.37. The van der Waals surface area contributed by atoms with E-state index in [0.717, 1.165) is 11.1 Å². The summed E-state index contributed by atoms with van der Waals surface area (Å²) in [6, 6.07) is 14.3. The number of hydrogen-bond donors (Lipinski definition) is 3. The monoisotopic (exact) mass is 357 g/mol. The number of hydrogen-bond acceptors (Lipinski definition) is 4. The molecule has 7 heteroatoms. The van der Waals surface area contributed by atoms with Crippen LogP contribution in [0.15, 0.2) is 48.5 Å². The molecule has 6 nitrogen and oxygen atoms in total. The van der Waals surface area contributed by atoms with Gasteiger partial charge in [0.1, 0.15) is 5.75 Å². The minimum atomic E-state index is -0.420. The van der Waals surface area contributed by atoms with Gasteiger partial charge in [0.15, 0.2) is 11.7 Å². The van der Waals surface area contributed by atoms with E-state index in [1.165, 1.54) is 0 Å². The van der Waals surface area contributed by atoms with Crippen molar-refractivity contribution >= 4 is 29.1 Å². The van der Waals surface area contributed by atoms with Gasteiger partial charge in [0.05, 0.1) is 0 Å². The minimum Gasteiger partial charge on any atom is -0.483 e. The molecule has 0 radical (unpaired) electrons. The Kier molecular flexibility index (Phi) is 6.47. The summed E-state index contributed by atoms with van der Waals surface area (Å²) in [5.74, 6) is -0.143. The summed E-state index contributed by atoms with van der Waals surface area (Å²) in [5, 5.41) is 2.46. The zero-order chi connectivity index (χ0) is 18.2. The van der Waals surface area contributed by atoms with Crippen molar-refractivity contribution in [3.8, 4) is 5.75 Å². The smallest absolute Gasteiger partial charge is 0.276 e. The summed E-state index contributed by atoms with van der Waals surface area (Å²) in [4.78, 5) is 23.7. The van der Waals surface area contributed by atoms with Crippen LogP contribution >= 0.6 is 12.2 Å². The molecule has 25 heavy (non-hydrogen) atoms. The first-order valence-electron chi connectivity index (χ1n) is 7.61. The highest BCUT2D eigenvalue weighted by atomic mass is 32.1. The zero-order valence-corrected chi connectivity index (χ0v) is 14.8. The second kappa shape index (κ2) is 8.79. The number of benzene rings is 2. The number of carbonyl (C=O) groups is 2. The molecular formula is C18H19N3O3S. The van der Waals surface area contributed by atoms with Crippen molar-refractivity contribution in [1.82, 2.24) is 16.2 Å². The molecule has 0 saturated heterocycles. The number of ether oxygens (including phenoxy) is 1. The van der Waals surface area contributed by atoms with Gasteiger partial charge < -0.3 is 4.74 Å². The average Bonchev–Trinajstić information content (AvgIpc) is 2.60. The summed E-state index contributed by atoms with van der Waals surface area (Å²) >= 11 is 4.96. The molecule has 0 heterocycles. The first kappa shape index (κ1) is 18.4.